The predicted octanol–water partition coefficient (Wildman–Crippen LogP) is 4.32. The Kier molecular flexibility index (Phi) is 4.85. The normalized spacial score (nSPS) is 16.0. The number of hydrogen-bond donors (Lipinski definition) is 1. The number of rotatable bonds is 4. The topological polar surface area (TPSA) is 79.6 Å². The molecule has 0 radical (unpaired) electrons. The summed E-state index contributed by atoms with van der Waals surface area (Å²) in [5.74, 6) is -0.513. The van der Waals surface area contributed by atoms with Crippen LogP contribution in [0.15, 0.2) is 63.9 Å². The molecule has 1 N–H and O–H groups in total. The number of nitrogens with one attached hydrogen (secondary N) is 1. The van der Waals surface area contributed by atoms with Crippen LogP contribution in [0.2, 0.25) is 5.02 Å². The number of carbonyl (C=O) groups excluding carboxylic acids is 3. The minimum absolute atomic E-state index is 0.0983. The van der Waals surface area contributed by atoms with Crippen LogP contribution in [0.5, 0.6) is 0 Å². The number of benzene rings is 1. The van der Waals surface area contributed by atoms with Gasteiger partial charge in [-0.25, -0.2) is 4.79 Å². The number of hydrogen-bond acceptors (Lipinski definition) is 5. The molecule has 0 unspecified atom stereocenters. The van der Waals surface area contributed by atoms with Crippen LogP contribution >= 0.6 is 22.9 Å². The zero-order chi connectivity index (χ0) is 19.7. The Bertz CT molecular complexity index is 1080. The smallest absolute Gasteiger partial charge is 0.331 e. The lowest BCUT2D eigenvalue weighted by Crippen LogP contribution is -2.53. The fourth-order valence-corrected chi connectivity index (χ4v) is 3.56. The van der Waals surface area contributed by atoms with Crippen LogP contribution in [0.3, 0.4) is 0 Å². The fraction of sp³-hybridized carbons (Fsp3) is 0.0500. The lowest BCUT2D eigenvalue weighted by molar-refractivity contribution is -0.130. The molecular weight excluding hydrogens is 400 g/mol. The van der Waals surface area contributed by atoms with E-state index in [1.807, 2.05) is 17.5 Å². The van der Waals surface area contributed by atoms with Gasteiger partial charge in [-0.15, -0.1) is 11.3 Å². The number of carbonyl (C=O) groups is 3. The molecule has 1 aliphatic heterocycles. The number of halogens is 1. The molecule has 2 aromatic heterocycles. The van der Waals surface area contributed by atoms with Crippen LogP contribution in [-0.4, -0.2) is 22.7 Å². The van der Waals surface area contributed by atoms with Crippen molar-refractivity contribution in [1.82, 2.24) is 10.2 Å². The van der Waals surface area contributed by atoms with Crippen molar-refractivity contribution in [3.63, 3.8) is 0 Å². The van der Waals surface area contributed by atoms with E-state index in [0.717, 1.165) is 15.3 Å². The van der Waals surface area contributed by atoms with E-state index in [4.69, 9.17) is 16.0 Å². The molecule has 1 saturated heterocycles. The molecule has 0 aliphatic carbocycles. The maximum absolute atomic E-state index is 12.7. The second kappa shape index (κ2) is 7.46. The highest BCUT2D eigenvalue weighted by atomic mass is 35.5. The van der Waals surface area contributed by atoms with E-state index < -0.39 is 17.8 Å². The van der Waals surface area contributed by atoms with Gasteiger partial charge in [0.25, 0.3) is 11.8 Å². The summed E-state index contributed by atoms with van der Waals surface area (Å²) in [6.07, 6.45) is 1.34. The van der Waals surface area contributed by atoms with Crippen molar-refractivity contribution in [3.05, 3.63) is 75.1 Å². The molecule has 3 aromatic rings. The Morgan fingerprint density at radius 3 is 2.57 bits per heavy atom. The zero-order valence-electron chi connectivity index (χ0n) is 14.3. The number of barbiturate groups is 1. The number of urea groups is 1. The van der Waals surface area contributed by atoms with Crippen molar-refractivity contribution >= 4 is 46.9 Å². The van der Waals surface area contributed by atoms with E-state index in [2.05, 4.69) is 5.32 Å². The van der Waals surface area contributed by atoms with Gasteiger partial charge in [0.2, 0.25) is 0 Å². The second-order valence-corrected chi connectivity index (χ2v) is 7.47. The van der Waals surface area contributed by atoms with Crippen molar-refractivity contribution in [3.8, 4) is 11.3 Å². The highest BCUT2D eigenvalue weighted by molar-refractivity contribution is 7.09. The number of furan rings is 1. The predicted molar refractivity (Wildman–Crippen MR) is 106 cm³/mol. The molecule has 28 heavy (non-hydrogen) atoms. The van der Waals surface area contributed by atoms with E-state index in [1.54, 1.807) is 36.4 Å². The Hall–Kier alpha value is -3.16. The van der Waals surface area contributed by atoms with Crippen LogP contribution in [0, 0.1) is 0 Å². The zero-order valence-corrected chi connectivity index (χ0v) is 15.9. The van der Waals surface area contributed by atoms with Gasteiger partial charge in [-0.2, -0.15) is 0 Å². The van der Waals surface area contributed by atoms with Gasteiger partial charge in [-0.3, -0.25) is 19.8 Å². The second-order valence-electron chi connectivity index (χ2n) is 6.00. The number of thiophene rings is 1. The molecule has 6 nitrogen and oxygen atoms in total. The van der Waals surface area contributed by atoms with E-state index in [-0.39, 0.29) is 12.1 Å². The molecule has 8 heteroatoms. The minimum Gasteiger partial charge on any atom is -0.457 e. The Balaban J connectivity index is 1.61. The lowest BCUT2D eigenvalue weighted by Gasteiger charge is -2.25. The molecule has 140 valence electrons. The number of amides is 4. The van der Waals surface area contributed by atoms with Crippen LogP contribution < -0.4 is 5.32 Å². The van der Waals surface area contributed by atoms with Crippen molar-refractivity contribution < 1.29 is 18.8 Å². The molecular formula is C20H13ClN2O4S. The van der Waals surface area contributed by atoms with Crippen molar-refractivity contribution in [2.45, 2.75) is 6.54 Å². The van der Waals surface area contributed by atoms with E-state index in [1.165, 1.54) is 17.4 Å². The van der Waals surface area contributed by atoms with Crippen molar-refractivity contribution in [2.24, 2.45) is 0 Å². The van der Waals surface area contributed by atoms with E-state index in [9.17, 15) is 14.4 Å². The van der Waals surface area contributed by atoms with Gasteiger partial charge in [0.05, 0.1) is 6.54 Å². The molecule has 0 bridgehead atoms. The highest BCUT2D eigenvalue weighted by Crippen LogP contribution is 2.26. The first kappa shape index (κ1) is 18.2. The van der Waals surface area contributed by atoms with Crippen LogP contribution in [0.4, 0.5) is 4.79 Å². The maximum atomic E-state index is 12.7. The minimum atomic E-state index is -0.748. The monoisotopic (exact) mass is 412 g/mol. The van der Waals surface area contributed by atoms with Crippen molar-refractivity contribution in [1.29, 1.82) is 0 Å². The molecule has 1 fully saturated rings. The van der Waals surface area contributed by atoms with Gasteiger partial charge < -0.3 is 4.42 Å². The van der Waals surface area contributed by atoms with Gasteiger partial charge in [0.15, 0.2) is 0 Å². The summed E-state index contributed by atoms with van der Waals surface area (Å²) in [4.78, 5) is 38.8. The average Bonchev–Trinajstić information content (AvgIpc) is 3.35. The SMILES string of the molecule is O=C1NC(=O)N(Cc2cccs2)C(=O)C1=Cc1ccc(-c2ccc(Cl)cc2)o1. The Morgan fingerprint density at radius 1 is 1.07 bits per heavy atom. The molecule has 3 heterocycles. The standard InChI is InChI=1S/C20H13ClN2O4S/c21-13-5-3-12(4-6-13)17-8-7-14(27-17)10-16-18(24)22-20(26)23(19(16)25)11-15-2-1-9-28-15/h1-10H,11H2,(H,22,24,26). The molecule has 4 rings (SSSR count). The Morgan fingerprint density at radius 2 is 1.86 bits per heavy atom. The average molecular weight is 413 g/mol. The first-order chi connectivity index (χ1) is 13.5. The summed E-state index contributed by atoms with van der Waals surface area (Å²) in [6.45, 7) is 0.0983. The third-order valence-electron chi connectivity index (χ3n) is 4.12. The summed E-state index contributed by atoms with van der Waals surface area (Å²) < 4.78 is 5.72. The van der Waals surface area contributed by atoms with Gasteiger partial charge >= 0.3 is 6.03 Å². The van der Waals surface area contributed by atoms with Crippen LogP contribution in [-0.2, 0) is 16.1 Å². The largest absolute Gasteiger partial charge is 0.457 e. The fourth-order valence-electron chi connectivity index (χ4n) is 2.74. The summed E-state index contributed by atoms with van der Waals surface area (Å²) in [5.41, 5.74) is 0.649. The Labute approximate surface area is 169 Å². The number of imide groups is 2. The highest BCUT2D eigenvalue weighted by Gasteiger charge is 2.36. The van der Waals surface area contributed by atoms with Gasteiger partial charge in [0, 0.05) is 15.5 Å². The third-order valence-corrected chi connectivity index (χ3v) is 5.24. The summed E-state index contributed by atoms with van der Waals surface area (Å²) in [6, 6.07) is 13.4. The molecule has 0 atom stereocenters. The maximum Gasteiger partial charge on any atom is 0.331 e. The van der Waals surface area contributed by atoms with Crippen LogP contribution in [0.25, 0.3) is 17.4 Å². The van der Waals surface area contributed by atoms with Crippen LogP contribution in [0.1, 0.15) is 10.6 Å². The molecule has 1 aliphatic rings. The van der Waals surface area contributed by atoms with E-state index in [0.29, 0.717) is 16.5 Å². The van der Waals surface area contributed by atoms with E-state index >= 15 is 0 Å². The summed E-state index contributed by atoms with van der Waals surface area (Å²) >= 11 is 7.31. The quantitative estimate of drug-likeness (QED) is 0.511. The first-order valence-corrected chi connectivity index (χ1v) is 9.54. The van der Waals surface area contributed by atoms with Crippen molar-refractivity contribution in [2.75, 3.05) is 0 Å². The molecule has 1 aromatic carbocycles. The molecule has 0 spiro atoms. The number of nitrogens with zero attached hydrogens (tertiary/aromatic N) is 1. The van der Waals surface area contributed by atoms with Gasteiger partial charge in [-0.05, 0) is 53.9 Å². The van der Waals surface area contributed by atoms with Gasteiger partial charge in [-0.1, -0.05) is 17.7 Å². The first-order valence-electron chi connectivity index (χ1n) is 8.28. The van der Waals surface area contributed by atoms with Gasteiger partial charge in [0.1, 0.15) is 17.1 Å². The lowest BCUT2D eigenvalue weighted by atomic mass is 10.1. The molecule has 0 saturated carbocycles. The summed E-state index contributed by atoms with van der Waals surface area (Å²) in [7, 11) is 0. The molecule has 4 amide bonds. The third kappa shape index (κ3) is 3.62. The summed E-state index contributed by atoms with van der Waals surface area (Å²) in [5, 5.41) is 4.66.